The molecular weight excluding hydrogens is 188 g/mol. The standard InChI is InChI=1S/C12H14N2O/c1-10(12-5-3-2-4-6-12)13-7-11-8-14-15-9-11/h2-6,8-10,13H,7H2,1H3. The van der Waals surface area contributed by atoms with Gasteiger partial charge in [-0.2, -0.15) is 0 Å². The van der Waals surface area contributed by atoms with E-state index in [0.29, 0.717) is 6.04 Å². The molecule has 1 heterocycles. The molecule has 15 heavy (non-hydrogen) atoms. The van der Waals surface area contributed by atoms with Gasteiger partial charge in [0.1, 0.15) is 6.26 Å². The minimum absolute atomic E-state index is 0.334. The molecule has 0 saturated carbocycles. The number of rotatable bonds is 4. The molecule has 3 heteroatoms. The Morgan fingerprint density at radius 2 is 2.13 bits per heavy atom. The van der Waals surface area contributed by atoms with Crippen LogP contribution in [0.4, 0.5) is 0 Å². The van der Waals surface area contributed by atoms with E-state index in [1.54, 1.807) is 12.5 Å². The van der Waals surface area contributed by atoms with E-state index in [1.165, 1.54) is 5.56 Å². The summed E-state index contributed by atoms with van der Waals surface area (Å²) < 4.78 is 4.76. The molecule has 1 atom stereocenters. The van der Waals surface area contributed by atoms with Gasteiger partial charge >= 0.3 is 0 Å². The summed E-state index contributed by atoms with van der Waals surface area (Å²) in [6.45, 7) is 2.92. The quantitative estimate of drug-likeness (QED) is 0.827. The second kappa shape index (κ2) is 4.75. The summed E-state index contributed by atoms with van der Waals surface area (Å²) in [6.07, 6.45) is 3.38. The van der Waals surface area contributed by atoms with Crippen LogP contribution in [0, 0.1) is 0 Å². The smallest absolute Gasteiger partial charge is 0.128 e. The summed E-state index contributed by atoms with van der Waals surface area (Å²) in [5.41, 5.74) is 2.35. The third-order valence-corrected chi connectivity index (χ3v) is 2.40. The Balaban J connectivity index is 1.90. The average Bonchev–Trinajstić information content (AvgIpc) is 2.80. The predicted molar refractivity (Wildman–Crippen MR) is 58.2 cm³/mol. The summed E-state index contributed by atoms with van der Waals surface area (Å²) in [4.78, 5) is 0. The van der Waals surface area contributed by atoms with Crippen LogP contribution < -0.4 is 5.32 Å². The van der Waals surface area contributed by atoms with Crippen molar-refractivity contribution < 1.29 is 4.52 Å². The van der Waals surface area contributed by atoms with Gasteiger partial charge in [-0.1, -0.05) is 35.5 Å². The fourth-order valence-electron chi connectivity index (χ4n) is 1.44. The SMILES string of the molecule is CC(NCc1cnoc1)c1ccccc1. The number of hydrogen-bond donors (Lipinski definition) is 1. The van der Waals surface area contributed by atoms with Gasteiger partial charge in [-0.25, -0.2) is 0 Å². The molecule has 0 radical (unpaired) electrons. The molecule has 0 saturated heterocycles. The zero-order chi connectivity index (χ0) is 10.5. The van der Waals surface area contributed by atoms with E-state index in [-0.39, 0.29) is 0 Å². The lowest BCUT2D eigenvalue weighted by atomic mass is 10.1. The molecule has 1 aromatic carbocycles. The zero-order valence-electron chi connectivity index (χ0n) is 8.68. The van der Waals surface area contributed by atoms with Gasteiger partial charge in [0, 0.05) is 18.2 Å². The van der Waals surface area contributed by atoms with Crippen molar-refractivity contribution in [3.05, 3.63) is 53.9 Å². The average molecular weight is 202 g/mol. The van der Waals surface area contributed by atoms with E-state index in [2.05, 4.69) is 29.5 Å². The normalized spacial score (nSPS) is 12.6. The van der Waals surface area contributed by atoms with Crippen LogP contribution in [0.1, 0.15) is 24.1 Å². The molecule has 0 amide bonds. The lowest BCUT2D eigenvalue weighted by Crippen LogP contribution is -2.17. The van der Waals surface area contributed by atoms with Gasteiger partial charge in [0.2, 0.25) is 0 Å². The predicted octanol–water partition coefficient (Wildman–Crippen LogP) is 2.53. The minimum atomic E-state index is 0.334. The molecule has 1 aromatic heterocycles. The lowest BCUT2D eigenvalue weighted by Gasteiger charge is -2.12. The second-order valence-corrected chi connectivity index (χ2v) is 3.55. The highest BCUT2D eigenvalue weighted by Crippen LogP contribution is 2.11. The fraction of sp³-hybridized carbons (Fsp3) is 0.250. The van der Waals surface area contributed by atoms with Crippen molar-refractivity contribution in [3.63, 3.8) is 0 Å². The molecule has 0 fully saturated rings. The van der Waals surface area contributed by atoms with Gasteiger partial charge in [0.15, 0.2) is 0 Å². The first-order chi connectivity index (χ1) is 7.36. The molecule has 78 valence electrons. The molecule has 2 rings (SSSR count). The lowest BCUT2D eigenvalue weighted by molar-refractivity contribution is 0.418. The second-order valence-electron chi connectivity index (χ2n) is 3.55. The molecule has 3 nitrogen and oxygen atoms in total. The number of aromatic nitrogens is 1. The first kappa shape index (κ1) is 9.93. The van der Waals surface area contributed by atoms with Crippen molar-refractivity contribution in [1.29, 1.82) is 0 Å². The van der Waals surface area contributed by atoms with Gasteiger partial charge in [0.25, 0.3) is 0 Å². The molecule has 1 unspecified atom stereocenters. The third kappa shape index (κ3) is 2.67. The highest BCUT2D eigenvalue weighted by Gasteiger charge is 2.04. The first-order valence-electron chi connectivity index (χ1n) is 5.03. The van der Waals surface area contributed by atoms with Crippen molar-refractivity contribution >= 4 is 0 Å². The summed E-state index contributed by atoms with van der Waals surface area (Å²) in [7, 11) is 0. The van der Waals surface area contributed by atoms with E-state index >= 15 is 0 Å². The van der Waals surface area contributed by atoms with E-state index in [1.807, 2.05) is 18.2 Å². The maximum atomic E-state index is 4.76. The van der Waals surface area contributed by atoms with Crippen molar-refractivity contribution in [2.45, 2.75) is 19.5 Å². The van der Waals surface area contributed by atoms with Gasteiger partial charge in [-0.15, -0.1) is 0 Å². The van der Waals surface area contributed by atoms with Crippen LogP contribution in [0.15, 0.2) is 47.3 Å². The molecule has 0 aliphatic heterocycles. The van der Waals surface area contributed by atoms with Gasteiger partial charge in [0.05, 0.1) is 6.20 Å². The number of nitrogens with zero attached hydrogens (tertiary/aromatic N) is 1. The van der Waals surface area contributed by atoms with Crippen molar-refractivity contribution in [1.82, 2.24) is 10.5 Å². The van der Waals surface area contributed by atoms with Crippen molar-refractivity contribution in [3.8, 4) is 0 Å². The summed E-state index contributed by atoms with van der Waals surface area (Å²) in [5.74, 6) is 0. The summed E-state index contributed by atoms with van der Waals surface area (Å²) >= 11 is 0. The Labute approximate surface area is 89.1 Å². The van der Waals surface area contributed by atoms with Crippen LogP contribution in [0.3, 0.4) is 0 Å². The Morgan fingerprint density at radius 1 is 1.33 bits per heavy atom. The number of nitrogens with one attached hydrogen (secondary N) is 1. The highest BCUT2D eigenvalue weighted by molar-refractivity contribution is 5.18. The summed E-state index contributed by atoms with van der Waals surface area (Å²) in [5, 5.41) is 7.06. The molecule has 1 N–H and O–H groups in total. The van der Waals surface area contributed by atoms with Crippen LogP contribution >= 0.6 is 0 Å². The Bertz CT molecular complexity index is 383. The largest absolute Gasteiger partial charge is 0.364 e. The van der Waals surface area contributed by atoms with Gasteiger partial charge in [-0.3, -0.25) is 0 Å². The number of benzene rings is 1. The van der Waals surface area contributed by atoms with Crippen molar-refractivity contribution in [2.24, 2.45) is 0 Å². The van der Waals surface area contributed by atoms with Crippen LogP contribution in [-0.2, 0) is 6.54 Å². The third-order valence-electron chi connectivity index (χ3n) is 2.40. The van der Waals surface area contributed by atoms with Gasteiger partial charge < -0.3 is 9.84 Å². The Hall–Kier alpha value is -1.61. The maximum Gasteiger partial charge on any atom is 0.128 e. The maximum absolute atomic E-state index is 4.76. The van der Waals surface area contributed by atoms with Crippen LogP contribution in [0.5, 0.6) is 0 Å². The van der Waals surface area contributed by atoms with E-state index in [4.69, 9.17) is 4.52 Å². The monoisotopic (exact) mass is 202 g/mol. The van der Waals surface area contributed by atoms with E-state index < -0.39 is 0 Å². The van der Waals surface area contributed by atoms with E-state index in [0.717, 1.165) is 12.1 Å². The van der Waals surface area contributed by atoms with Gasteiger partial charge in [-0.05, 0) is 12.5 Å². The van der Waals surface area contributed by atoms with E-state index in [9.17, 15) is 0 Å². The Kier molecular flexibility index (Phi) is 3.15. The Morgan fingerprint density at radius 3 is 2.80 bits per heavy atom. The van der Waals surface area contributed by atoms with Crippen LogP contribution in [0.25, 0.3) is 0 Å². The highest BCUT2D eigenvalue weighted by atomic mass is 16.5. The molecule has 0 aliphatic rings. The molecule has 0 spiro atoms. The molecule has 0 aliphatic carbocycles. The van der Waals surface area contributed by atoms with Crippen LogP contribution in [0.2, 0.25) is 0 Å². The molecule has 0 bridgehead atoms. The zero-order valence-corrected chi connectivity index (χ0v) is 8.68. The fourth-order valence-corrected chi connectivity index (χ4v) is 1.44. The first-order valence-corrected chi connectivity index (χ1v) is 5.03. The topological polar surface area (TPSA) is 38.1 Å². The van der Waals surface area contributed by atoms with Crippen molar-refractivity contribution in [2.75, 3.05) is 0 Å². The summed E-state index contributed by atoms with van der Waals surface area (Å²) in [6, 6.07) is 10.7. The number of hydrogen-bond acceptors (Lipinski definition) is 3. The van der Waals surface area contributed by atoms with Crippen LogP contribution in [-0.4, -0.2) is 5.16 Å². The molecular formula is C12H14N2O. The molecule has 2 aromatic rings. The minimum Gasteiger partial charge on any atom is -0.364 e.